The number of hydrogen-bond donors (Lipinski definition) is 1. The van der Waals surface area contributed by atoms with Gasteiger partial charge in [0.15, 0.2) is 0 Å². The second kappa shape index (κ2) is 11.5. The van der Waals surface area contributed by atoms with E-state index >= 15 is 0 Å². The van der Waals surface area contributed by atoms with Gasteiger partial charge in [-0.25, -0.2) is 0 Å². The molecule has 0 fully saturated rings. The second-order valence-electron chi connectivity index (χ2n) is 7.98. The van der Waals surface area contributed by atoms with E-state index in [2.05, 4.69) is 58.1 Å². The molecule has 2 nitrogen and oxygen atoms in total. The summed E-state index contributed by atoms with van der Waals surface area (Å²) in [5.74, 6) is 1.04. The molecule has 0 aromatic heterocycles. The molecule has 1 aromatic rings. The highest BCUT2D eigenvalue weighted by Crippen LogP contribution is 2.23. The summed E-state index contributed by atoms with van der Waals surface area (Å²) in [5.41, 5.74) is 2.83. The largest absolute Gasteiger partial charge is 0.493 e. The van der Waals surface area contributed by atoms with Gasteiger partial charge in [0.2, 0.25) is 0 Å². The van der Waals surface area contributed by atoms with E-state index in [9.17, 15) is 0 Å². The molecule has 0 aliphatic carbocycles. The Balaban J connectivity index is 2.13. The van der Waals surface area contributed by atoms with E-state index in [1.165, 1.54) is 49.7 Å². The summed E-state index contributed by atoms with van der Waals surface area (Å²) in [7, 11) is 0. The Morgan fingerprint density at radius 3 is 2.50 bits per heavy atom. The van der Waals surface area contributed by atoms with Gasteiger partial charge in [-0.1, -0.05) is 58.6 Å². The number of benzene rings is 1. The summed E-state index contributed by atoms with van der Waals surface area (Å²) in [4.78, 5) is 0. The van der Waals surface area contributed by atoms with Crippen LogP contribution in [0.1, 0.15) is 76.8 Å². The van der Waals surface area contributed by atoms with Crippen LogP contribution in [0.2, 0.25) is 0 Å². The Morgan fingerprint density at radius 1 is 1.00 bits per heavy atom. The highest BCUT2D eigenvalue weighted by Gasteiger charge is 2.16. The number of nitrogens with one attached hydrogen (secondary N) is 1. The monoisotopic (exact) mass is 333 g/mol. The van der Waals surface area contributed by atoms with E-state index in [-0.39, 0.29) is 0 Å². The van der Waals surface area contributed by atoms with Gasteiger partial charge < -0.3 is 10.1 Å². The molecule has 1 rings (SSSR count). The van der Waals surface area contributed by atoms with Crippen LogP contribution < -0.4 is 10.1 Å². The van der Waals surface area contributed by atoms with Crippen LogP contribution in [0.15, 0.2) is 18.2 Å². The van der Waals surface area contributed by atoms with Crippen molar-refractivity contribution < 1.29 is 4.74 Å². The van der Waals surface area contributed by atoms with E-state index in [1.807, 2.05) is 0 Å². The highest BCUT2D eigenvalue weighted by atomic mass is 16.5. The topological polar surface area (TPSA) is 21.3 Å². The fraction of sp³-hybridized carbons (Fsp3) is 0.727. The van der Waals surface area contributed by atoms with Gasteiger partial charge in [0, 0.05) is 6.54 Å². The lowest BCUT2D eigenvalue weighted by atomic mass is 9.88. The smallest absolute Gasteiger partial charge is 0.122 e. The third kappa shape index (κ3) is 9.32. The predicted molar refractivity (Wildman–Crippen MR) is 106 cm³/mol. The van der Waals surface area contributed by atoms with E-state index < -0.39 is 0 Å². The van der Waals surface area contributed by atoms with Crippen LogP contribution in [0.4, 0.5) is 0 Å². The molecule has 0 atom stereocenters. The van der Waals surface area contributed by atoms with Crippen LogP contribution in [0.5, 0.6) is 5.75 Å². The maximum absolute atomic E-state index is 5.97. The number of rotatable bonds is 13. The molecule has 0 saturated heterocycles. The summed E-state index contributed by atoms with van der Waals surface area (Å²) >= 11 is 0. The van der Waals surface area contributed by atoms with Crippen LogP contribution in [-0.4, -0.2) is 19.7 Å². The second-order valence-corrected chi connectivity index (χ2v) is 7.98. The van der Waals surface area contributed by atoms with Crippen molar-refractivity contribution in [1.29, 1.82) is 0 Å². The number of aryl methyl sites for hydroxylation is 2. The SMILES string of the molecule is CCCCCCCNCC(C)(C)CCCOc1cc(C)ccc1C. The van der Waals surface area contributed by atoms with Crippen molar-refractivity contribution in [1.82, 2.24) is 5.32 Å². The van der Waals surface area contributed by atoms with E-state index in [4.69, 9.17) is 4.74 Å². The Bertz CT molecular complexity index is 453. The molecule has 0 unspecified atom stereocenters. The molecule has 0 aliphatic heterocycles. The van der Waals surface area contributed by atoms with Crippen LogP contribution in [0.3, 0.4) is 0 Å². The summed E-state index contributed by atoms with van der Waals surface area (Å²) in [6.07, 6.45) is 9.07. The zero-order valence-electron chi connectivity index (χ0n) is 16.7. The van der Waals surface area contributed by atoms with Crippen molar-refractivity contribution in [2.75, 3.05) is 19.7 Å². The molecule has 0 amide bonds. The molecule has 1 aromatic carbocycles. The third-order valence-electron chi connectivity index (χ3n) is 4.66. The van der Waals surface area contributed by atoms with Crippen LogP contribution in [0, 0.1) is 19.3 Å². The fourth-order valence-electron chi connectivity index (χ4n) is 2.96. The summed E-state index contributed by atoms with van der Waals surface area (Å²) in [6.45, 7) is 14.3. The van der Waals surface area contributed by atoms with Gasteiger partial charge >= 0.3 is 0 Å². The van der Waals surface area contributed by atoms with Crippen molar-refractivity contribution in [2.45, 2.75) is 79.6 Å². The lowest BCUT2D eigenvalue weighted by molar-refractivity contribution is 0.249. The molecule has 0 bridgehead atoms. The first kappa shape index (κ1) is 21.0. The number of unbranched alkanes of at least 4 members (excludes halogenated alkanes) is 4. The van der Waals surface area contributed by atoms with Crippen molar-refractivity contribution in [3.05, 3.63) is 29.3 Å². The Labute approximate surface area is 150 Å². The fourth-order valence-corrected chi connectivity index (χ4v) is 2.96. The third-order valence-corrected chi connectivity index (χ3v) is 4.66. The first-order valence-electron chi connectivity index (χ1n) is 9.85. The van der Waals surface area contributed by atoms with Gasteiger partial charge in [0.25, 0.3) is 0 Å². The molecule has 1 N–H and O–H groups in total. The van der Waals surface area contributed by atoms with E-state index in [1.54, 1.807) is 0 Å². The van der Waals surface area contributed by atoms with Crippen LogP contribution >= 0.6 is 0 Å². The highest BCUT2D eigenvalue weighted by molar-refractivity contribution is 5.35. The first-order chi connectivity index (χ1) is 11.4. The molecule has 138 valence electrons. The standard InChI is InChI=1S/C22H39NO/c1-6-7-8-9-10-15-23-18-22(4,5)14-11-16-24-21-17-19(2)12-13-20(21)3/h12-13,17,23H,6-11,14-16,18H2,1-5H3. The van der Waals surface area contributed by atoms with Gasteiger partial charge in [0.1, 0.15) is 5.75 Å². The van der Waals surface area contributed by atoms with Gasteiger partial charge in [-0.05, 0) is 62.3 Å². The molecule has 0 radical (unpaired) electrons. The summed E-state index contributed by atoms with van der Waals surface area (Å²) < 4.78 is 5.97. The molecule has 2 heteroatoms. The Hall–Kier alpha value is -1.02. The minimum absolute atomic E-state index is 0.342. The van der Waals surface area contributed by atoms with E-state index in [0.717, 1.165) is 31.9 Å². The normalized spacial score (nSPS) is 11.7. The average molecular weight is 334 g/mol. The molecular formula is C22H39NO. The Kier molecular flexibility index (Phi) is 10.1. The van der Waals surface area contributed by atoms with Crippen LogP contribution in [0.25, 0.3) is 0 Å². The van der Waals surface area contributed by atoms with Gasteiger partial charge in [-0.2, -0.15) is 0 Å². The molecule has 0 spiro atoms. The molecular weight excluding hydrogens is 294 g/mol. The summed E-state index contributed by atoms with van der Waals surface area (Å²) in [6, 6.07) is 6.42. The van der Waals surface area contributed by atoms with Crippen molar-refractivity contribution >= 4 is 0 Å². The predicted octanol–water partition coefficient (Wildman–Crippen LogP) is 6.05. The molecule has 0 heterocycles. The molecule has 0 saturated carbocycles. The Morgan fingerprint density at radius 2 is 1.75 bits per heavy atom. The number of hydrogen-bond acceptors (Lipinski definition) is 2. The lowest BCUT2D eigenvalue weighted by Crippen LogP contribution is -2.30. The molecule has 24 heavy (non-hydrogen) atoms. The zero-order chi connectivity index (χ0) is 17.8. The lowest BCUT2D eigenvalue weighted by Gasteiger charge is -2.25. The van der Waals surface area contributed by atoms with Crippen molar-refractivity contribution in [2.24, 2.45) is 5.41 Å². The van der Waals surface area contributed by atoms with Crippen LogP contribution in [-0.2, 0) is 0 Å². The maximum atomic E-state index is 5.97. The van der Waals surface area contributed by atoms with Crippen molar-refractivity contribution in [3.63, 3.8) is 0 Å². The number of ether oxygens (including phenoxy) is 1. The van der Waals surface area contributed by atoms with Gasteiger partial charge in [0.05, 0.1) is 6.61 Å². The van der Waals surface area contributed by atoms with Crippen molar-refractivity contribution in [3.8, 4) is 5.75 Å². The maximum Gasteiger partial charge on any atom is 0.122 e. The molecule has 0 aliphatic rings. The van der Waals surface area contributed by atoms with E-state index in [0.29, 0.717) is 5.41 Å². The van der Waals surface area contributed by atoms with Gasteiger partial charge in [-0.15, -0.1) is 0 Å². The first-order valence-corrected chi connectivity index (χ1v) is 9.85. The average Bonchev–Trinajstić information content (AvgIpc) is 2.54. The minimum atomic E-state index is 0.342. The zero-order valence-corrected chi connectivity index (χ0v) is 16.7. The van der Waals surface area contributed by atoms with Gasteiger partial charge in [-0.3, -0.25) is 0 Å². The minimum Gasteiger partial charge on any atom is -0.493 e. The summed E-state index contributed by atoms with van der Waals surface area (Å²) in [5, 5.41) is 3.64. The quantitative estimate of drug-likeness (QED) is 0.444.